The van der Waals surface area contributed by atoms with Crippen molar-refractivity contribution in [2.45, 2.75) is 25.9 Å². The van der Waals surface area contributed by atoms with E-state index in [4.69, 9.17) is 16.3 Å². The number of anilines is 1. The second-order valence-corrected chi connectivity index (χ2v) is 7.13. The Morgan fingerprint density at radius 3 is 2.61 bits per heavy atom. The molecule has 8 nitrogen and oxygen atoms in total. The van der Waals surface area contributed by atoms with Gasteiger partial charge in [-0.3, -0.25) is 14.2 Å². The number of nitrogens with zero attached hydrogens (tertiary/aromatic N) is 4. The SMILES string of the molecule is COC(=O)c1ccccc1Cn1cc(NC(=O)C(C)(C)n2cc(Cl)cn2)cn1. The van der Waals surface area contributed by atoms with Gasteiger partial charge in [0.2, 0.25) is 0 Å². The van der Waals surface area contributed by atoms with Crippen LogP contribution in [0.3, 0.4) is 0 Å². The van der Waals surface area contributed by atoms with Crippen molar-refractivity contribution < 1.29 is 14.3 Å². The molecule has 0 unspecified atom stereocenters. The van der Waals surface area contributed by atoms with Gasteiger partial charge >= 0.3 is 5.97 Å². The highest BCUT2D eigenvalue weighted by Crippen LogP contribution is 2.20. The summed E-state index contributed by atoms with van der Waals surface area (Å²) in [7, 11) is 1.34. The summed E-state index contributed by atoms with van der Waals surface area (Å²) in [5.74, 6) is -0.669. The van der Waals surface area contributed by atoms with Gasteiger partial charge in [0.1, 0.15) is 5.54 Å². The largest absolute Gasteiger partial charge is 0.465 e. The van der Waals surface area contributed by atoms with Gasteiger partial charge in [0.15, 0.2) is 0 Å². The van der Waals surface area contributed by atoms with Crippen molar-refractivity contribution in [3.8, 4) is 0 Å². The smallest absolute Gasteiger partial charge is 0.338 e. The summed E-state index contributed by atoms with van der Waals surface area (Å²) in [6, 6.07) is 7.14. The van der Waals surface area contributed by atoms with Gasteiger partial charge in [-0.1, -0.05) is 29.8 Å². The second-order valence-electron chi connectivity index (χ2n) is 6.69. The summed E-state index contributed by atoms with van der Waals surface area (Å²) in [6.07, 6.45) is 6.31. The Labute approximate surface area is 167 Å². The van der Waals surface area contributed by atoms with Crippen LogP contribution in [0.2, 0.25) is 5.02 Å². The lowest BCUT2D eigenvalue weighted by Crippen LogP contribution is -2.40. The Hall–Kier alpha value is -3.13. The number of ether oxygens (including phenoxy) is 1. The molecule has 1 N–H and O–H groups in total. The molecule has 0 fully saturated rings. The van der Waals surface area contributed by atoms with Crippen molar-refractivity contribution in [1.82, 2.24) is 19.6 Å². The first kappa shape index (κ1) is 19.6. The van der Waals surface area contributed by atoms with Gasteiger partial charge in [0, 0.05) is 12.4 Å². The van der Waals surface area contributed by atoms with Crippen LogP contribution in [0.1, 0.15) is 29.8 Å². The third kappa shape index (κ3) is 4.07. The van der Waals surface area contributed by atoms with Crippen LogP contribution in [0.25, 0.3) is 0 Å². The van der Waals surface area contributed by atoms with Gasteiger partial charge in [-0.25, -0.2) is 4.79 Å². The predicted octanol–water partition coefficient (Wildman–Crippen LogP) is 2.94. The molecule has 0 spiro atoms. The molecule has 1 aromatic carbocycles. The van der Waals surface area contributed by atoms with Crippen LogP contribution >= 0.6 is 11.6 Å². The molecule has 9 heteroatoms. The highest BCUT2D eigenvalue weighted by atomic mass is 35.5. The fourth-order valence-corrected chi connectivity index (χ4v) is 2.79. The first-order valence-electron chi connectivity index (χ1n) is 8.52. The number of halogens is 1. The Morgan fingerprint density at radius 2 is 1.93 bits per heavy atom. The van der Waals surface area contributed by atoms with Crippen molar-refractivity contribution in [1.29, 1.82) is 0 Å². The zero-order valence-electron chi connectivity index (χ0n) is 15.7. The fraction of sp³-hybridized carbons (Fsp3) is 0.263. The number of carbonyl (C=O) groups is 2. The van der Waals surface area contributed by atoms with Crippen molar-refractivity contribution >= 4 is 29.2 Å². The quantitative estimate of drug-likeness (QED) is 0.641. The van der Waals surface area contributed by atoms with Crippen molar-refractivity contribution in [2.24, 2.45) is 0 Å². The lowest BCUT2D eigenvalue weighted by Gasteiger charge is -2.23. The molecule has 0 aliphatic rings. The van der Waals surface area contributed by atoms with Crippen molar-refractivity contribution in [2.75, 3.05) is 12.4 Å². The Bertz CT molecular complexity index is 1010. The zero-order valence-corrected chi connectivity index (χ0v) is 16.5. The number of aromatic nitrogens is 4. The fourth-order valence-electron chi connectivity index (χ4n) is 2.65. The van der Waals surface area contributed by atoms with Gasteiger partial charge in [-0.05, 0) is 25.5 Å². The minimum atomic E-state index is -0.938. The maximum Gasteiger partial charge on any atom is 0.338 e. The number of rotatable bonds is 6. The van der Waals surface area contributed by atoms with E-state index in [9.17, 15) is 9.59 Å². The third-order valence-electron chi connectivity index (χ3n) is 4.33. The molecule has 3 aromatic rings. The molecule has 0 aliphatic heterocycles. The Balaban J connectivity index is 1.73. The molecule has 0 saturated carbocycles. The standard InChI is InChI=1S/C19H20ClN5O3/c1-19(2,25-11-14(20)8-22-25)18(27)23-15-9-21-24(12-15)10-13-6-4-5-7-16(13)17(26)28-3/h4-9,11-12H,10H2,1-3H3,(H,23,27). The van der Waals surface area contributed by atoms with E-state index < -0.39 is 11.5 Å². The van der Waals surface area contributed by atoms with Crippen LogP contribution in [-0.2, 0) is 21.6 Å². The number of carbonyl (C=O) groups excluding carboxylic acids is 2. The van der Waals surface area contributed by atoms with Gasteiger partial charge < -0.3 is 10.1 Å². The van der Waals surface area contributed by atoms with Crippen LogP contribution in [0, 0.1) is 0 Å². The predicted molar refractivity (Wildman–Crippen MR) is 104 cm³/mol. The monoisotopic (exact) mass is 401 g/mol. The lowest BCUT2D eigenvalue weighted by molar-refractivity contribution is -0.123. The molecule has 3 rings (SSSR count). The molecular formula is C19H20ClN5O3. The minimum absolute atomic E-state index is 0.262. The van der Waals surface area contributed by atoms with E-state index in [0.29, 0.717) is 22.8 Å². The molecule has 0 aliphatic carbocycles. The molecule has 0 saturated heterocycles. The van der Waals surface area contributed by atoms with Gasteiger partial charge in [0.25, 0.3) is 5.91 Å². The second kappa shape index (κ2) is 7.85. The van der Waals surface area contributed by atoms with E-state index in [1.165, 1.54) is 18.0 Å². The van der Waals surface area contributed by atoms with Crippen molar-refractivity contribution in [3.05, 3.63) is 65.2 Å². The summed E-state index contributed by atoms with van der Waals surface area (Å²) in [6.45, 7) is 3.84. The van der Waals surface area contributed by atoms with Gasteiger partial charge in [-0.2, -0.15) is 10.2 Å². The number of hydrogen-bond acceptors (Lipinski definition) is 5. The Kier molecular flexibility index (Phi) is 5.51. The topological polar surface area (TPSA) is 91.0 Å². The van der Waals surface area contributed by atoms with Crippen LogP contribution in [0.5, 0.6) is 0 Å². The minimum Gasteiger partial charge on any atom is -0.465 e. The van der Waals surface area contributed by atoms with E-state index in [1.807, 2.05) is 12.1 Å². The summed E-state index contributed by atoms with van der Waals surface area (Å²) in [5.41, 5.74) is 0.837. The normalized spacial score (nSPS) is 11.3. The third-order valence-corrected chi connectivity index (χ3v) is 4.52. The van der Waals surface area contributed by atoms with E-state index in [0.717, 1.165) is 5.56 Å². The highest BCUT2D eigenvalue weighted by molar-refractivity contribution is 6.30. The average molecular weight is 402 g/mol. The molecule has 0 atom stereocenters. The average Bonchev–Trinajstić information content (AvgIpc) is 3.30. The first-order chi connectivity index (χ1) is 13.3. The molecule has 2 aromatic heterocycles. The maximum atomic E-state index is 12.7. The molecule has 0 radical (unpaired) electrons. The number of methoxy groups -OCH3 is 1. The van der Waals surface area contributed by atoms with Crippen LogP contribution < -0.4 is 5.32 Å². The number of amides is 1. The highest BCUT2D eigenvalue weighted by Gasteiger charge is 2.31. The first-order valence-corrected chi connectivity index (χ1v) is 8.90. The number of esters is 1. The van der Waals surface area contributed by atoms with E-state index in [2.05, 4.69) is 15.5 Å². The summed E-state index contributed by atoms with van der Waals surface area (Å²) in [5, 5.41) is 11.6. The van der Waals surface area contributed by atoms with Gasteiger partial charge in [0.05, 0.1) is 42.3 Å². The van der Waals surface area contributed by atoms with E-state index >= 15 is 0 Å². The zero-order chi connectivity index (χ0) is 20.3. The molecule has 146 valence electrons. The summed E-state index contributed by atoms with van der Waals surface area (Å²) >= 11 is 5.90. The summed E-state index contributed by atoms with van der Waals surface area (Å²) in [4.78, 5) is 24.6. The van der Waals surface area contributed by atoms with Crippen LogP contribution in [0.4, 0.5) is 5.69 Å². The number of benzene rings is 1. The molecule has 1 amide bonds. The van der Waals surface area contributed by atoms with Crippen molar-refractivity contribution in [3.63, 3.8) is 0 Å². The summed E-state index contributed by atoms with van der Waals surface area (Å²) < 4.78 is 7.95. The number of hydrogen-bond donors (Lipinski definition) is 1. The van der Waals surface area contributed by atoms with Gasteiger partial charge in [-0.15, -0.1) is 0 Å². The Morgan fingerprint density at radius 1 is 1.18 bits per heavy atom. The lowest BCUT2D eigenvalue weighted by atomic mass is 10.1. The molecular weight excluding hydrogens is 382 g/mol. The molecule has 28 heavy (non-hydrogen) atoms. The van der Waals surface area contributed by atoms with E-state index in [1.54, 1.807) is 49.3 Å². The van der Waals surface area contributed by atoms with E-state index in [-0.39, 0.29) is 5.91 Å². The number of nitrogens with one attached hydrogen (secondary N) is 1. The molecule has 2 heterocycles. The van der Waals surface area contributed by atoms with Crippen LogP contribution in [-0.4, -0.2) is 38.5 Å². The molecule has 0 bridgehead atoms. The van der Waals surface area contributed by atoms with Crippen LogP contribution in [0.15, 0.2) is 49.1 Å². The maximum absolute atomic E-state index is 12.7.